The van der Waals surface area contributed by atoms with Crippen molar-refractivity contribution < 1.29 is 4.42 Å². The lowest BCUT2D eigenvalue weighted by molar-refractivity contribution is 0.166. The molecule has 18 rings (SSSR count). The second-order valence-corrected chi connectivity index (χ2v) is 21.8. The Morgan fingerprint density at radius 3 is 1.45 bits per heavy atom. The number of benzene rings is 7. The highest BCUT2D eigenvalue weighted by molar-refractivity contribution is 6.27. The molecular formula is C62H47N3O. The number of hydrogen-bond acceptors (Lipinski definition) is 3. The Morgan fingerprint density at radius 2 is 0.924 bits per heavy atom. The smallest absolute Gasteiger partial charge is 0.143 e. The van der Waals surface area contributed by atoms with Gasteiger partial charge in [0.15, 0.2) is 0 Å². The van der Waals surface area contributed by atoms with Crippen molar-refractivity contribution in [2.24, 2.45) is 23.7 Å². The Labute approximate surface area is 383 Å². The number of aromatic nitrogens is 1. The van der Waals surface area contributed by atoms with E-state index in [1.807, 2.05) is 0 Å². The van der Waals surface area contributed by atoms with Crippen LogP contribution < -0.4 is 0 Å². The zero-order valence-electron chi connectivity index (χ0n) is 36.9. The van der Waals surface area contributed by atoms with Crippen LogP contribution in [0.25, 0.3) is 93.4 Å². The fourth-order valence-electron chi connectivity index (χ4n) is 16.5. The monoisotopic (exact) mass is 849 g/mol. The first-order valence-electron chi connectivity index (χ1n) is 24.9. The first-order chi connectivity index (χ1) is 32.6. The maximum Gasteiger partial charge on any atom is 0.143 e. The first-order valence-corrected chi connectivity index (χ1v) is 24.9. The van der Waals surface area contributed by atoms with Crippen LogP contribution in [-0.2, 0) is 0 Å². The molecule has 7 aromatic carbocycles. The van der Waals surface area contributed by atoms with Crippen LogP contribution in [0.1, 0.15) is 121 Å². The van der Waals surface area contributed by atoms with E-state index in [0.717, 1.165) is 78.9 Å². The average Bonchev–Trinajstić information content (AvgIpc) is 3.91. The second kappa shape index (κ2) is 12.9. The highest BCUT2D eigenvalue weighted by atomic mass is 16.3. The quantitative estimate of drug-likeness (QED) is 0.178. The summed E-state index contributed by atoms with van der Waals surface area (Å²) in [6, 6.07) is 48.1. The first kappa shape index (κ1) is 36.4. The number of nitriles is 2. The molecular weight excluding hydrogens is 803 g/mol. The summed E-state index contributed by atoms with van der Waals surface area (Å²) in [6.07, 6.45) is 12.4. The van der Waals surface area contributed by atoms with Crippen LogP contribution in [0.4, 0.5) is 0 Å². The van der Waals surface area contributed by atoms with Crippen LogP contribution in [0.2, 0.25) is 0 Å². The molecule has 4 heteroatoms. The molecule has 0 radical (unpaired) electrons. The number of nitrogens with zero attached hydrogens (tertiary/aromatic N) is 3. The number of furan rings is 1. The molecule has 316 valence electrons. The van der Waals surface area contributed by atoms with E-state index in [0.29, 0.717) is 23.7 Å². The van der Waals surface area contributed by atoms with E-state index >= 15 is 0 Å². The van der Waals surface area contributed by atoms with Gasteiger partial charge in [0.25, 0.3) is 0 Å². The lowest BCUT2D eigenvalue weighted by atomic mass is 9.67. The van der Waals surface area contributed by atoms with Gasteiger partial charge in [-0.05, 0) is 192 Å². The molecule has 10 aromatic rings. The molecule has 8 bridgehead atoms. The number of hydrogen-bond donors (Lipinski definition) is 0. The molecule has 0 spiro atoms. The van der Waals surface area contributed by atoms with Gasteiger partial charge in [-0.25, -0.2) is 0 Å². The average molecular weight is 850 g/mol. The zero-order valence-corrected chi connectivity index (χ0v) is 36.9. The van der Waals surface area contributed by atoms with Crippen LogP contribution >= 0.6 is 0 Å². The van der Waals surface area contributed by atoms with Crippen molar-refractivity contribution in [3.63, 3.8) is 0 Å². The van der Waals surface area contributed by atoms with Gasteiger partial charge in [0, 0.05) is 43.4 Å². The van der Waals surface area contributed by atoms with E-state index in [-0.39, 0.29) is 0 Å². The molecule has 66 heavy (non-hydrogen) atoms. The predicted molar refractivity (Wildman–Crippen MR) is 265 cm³/mol. The Kier molecular flexibility index (Phi) is 7.12. The predicted octanol–water partition coefficient (Wildman–Crippen LogP) is 16.3. The van der Waals surface area contributed by atoms with Gasteiger partial charge in [-0.2, -0.15) is 10.5 Å². The minimum atomic E-state index is 0.433. The minimum Gasteiger partial charge on any atom is -0.455 e. The Balaban J connectivity index is 1.13. The molecule has 4 atom stereocenters. The summed E-state index contributed by atoms with van der Waals surface area (Å²) >= 11 is 0. The van der Waals surface area contributed by atoms with Crippen LogP contribution in [0.5, 0.6) is 0 Å². The molecule has 0 N–H and O–H groups in total. The van der Waals surface area contributed by atoms with Crippen LogP contribution in [0, 0.1) is 46.3 Å². The molecule has 3 heterocycles. The maximum atomic E-state index is 11.2. The molecule has 4 unspecified atom stereocenters. The van der Waals surface area contributed by atoms with Crippen molar-refractivity contribution >= 4 is 60.0 Å². The van der Waals surface area contributed by atoms with Crippen molar-refractivity contribution in [3.05, 3.63) is 149 Å². The van der Waals surface area contributed by atoms with Crippen LogP contribution in [0.3, 0.4) is 0 Å². The van der Waals surface area contributed by atoms with E-state index in [4.69, 9.17) is 4.42 Å². The standard InChI is InChI=1S/C62H47N3O/c63-30-43-27-50-59(56-40-21-32-15-33(22-40)18-38(17-32)53(43)56)48-25-42(26-49-60-51(65(50)61(48)49)28-44(31-64)54-39-19-34-16-35(20-39)24-41(23-34)57(54)60)55-46(36-9-3-1-4-10-36)29-47-45-13-7-8-14-52(45)66-62(47)58(55)37-11-5-2-6-12-37/h1-14,25-29,32-35,38-41H,15-24H2. The third-order valence-electron chi connectivity index (χ3n) is 18.4. The summed E-state index contributed by atoms with van der Waals surface area (Å²) < 4.78 is 9.59. The van der Waals surface area contributed by atoms with Gasteiger partial charge < -0.3 is 8.82 Å². The molecule has 4 fully saturated rings. The Bertz CT molecular complexity index is 3680. The van der Waals surface area contributed by atoms with Crippen molar-refractivity contribution in [2.75, 3.05) is 0 Å². The van der Waals surface area contributed by atoms with Gasteiger partial charge in [-0.3, -0.25) is 0 Å². The molecule has 0 saturated heterocycles. The molecule has 8 aliphatic rings. The largest absolute Gasteiger partial charge is 0.455 e. The van der Waals surface area contributed by atoms with Crippen molar-refractivity contribution in [1.82, 2.24) is 4.40 Å². The zero-order chi connectivity index (χ0) is 43.1. The molecule has 0 amide bonds. The summed E-state index contributed by atoms with van der Waals surface area (Å²) in [5.74, 6) is 4.66. The third kappa shape index (κ3) is 4.68. The SMILES string of the molecule is N#Cc1cc2c(c3c1C1CC4CC(C1)CC3C4)c1cc(-c3c(-c4ccccc4)cc4c(oc5ccccc54)c3-c3ccccc3)cc3c4c5c(c(C#N)cc4n2c13)C1CC2CC(C1)CC5C2. The van der Waals surface area contributed by atoms with Gasteiger partial charge in [-0.15, -0.1) is 0 Å². The number of para-hydroxylation sites is 1. The highest BCUT2D eigenvalue weighted by Crippen LogP contribution is 2.62. The molecule has 4 saturated carbocycles. The molecule has 3 aromatic heterocycles. The Hall–Kier alpha value is -6.88. The Morgan fingerprint density at radius 1 is 0.439 bits per heavy atom. The van der Waals surface area contributed by atoms with E-state index in [2.05, 4.69) is 132 Å². The topological polar surface area (TPSA) is 65.1 Å². The van der Waals surface area contributed by atoms with E-state index in [1.165, 1.54) is 136 Å². The normalized spacial score (nSPS) is 25.8. The summed E-state index contributed by atoms with van der Waals surface area (Å²) in [4.78, 5) is 0. The lowest BCUT2D eigenvalue weighted by Crippen LogP contribution is -2.25. The fraction of sp³-hybridized carbons (Fsp3) is 0.290. The summed E-state index contributed by atoms with van der Waals surface area (Å²) in [7, 11) is 0. The summed E-state index contributed by atoms with van der Waals surface area (Å²) in [6.45, 7) is 0. The molecule has 4 nitrogen and oxygen atoms in total. The molecule has 8 aliphatic carbocycles. The molecule has 0 aliphatic heterocycles. The van der Waals surface area contributed by atoms with Gasteiger partial charge in [-0.1, -0.05) is 78.9 Å². The lowest BCUT2D eigenvalue weighted by Gasteiger charge is -2.38. The second-order valence-electron chi connectivity index (χ2n) is 21.8. The maximum absolute atomic E-state index is 11.2. The van der Waals surface area contributed by atoms with Gasteiger partial charge in [0.1, 0.15) is 11.2 Å². The third-order valence-corrected chi connectivity index (χ3v) is 18.4. The van der Waals surface area contributed by atoms with E-state index < -0.39 is 0 Å². The van der Waals surface area contributed by atoms with E-state index in [1.54, 1.807) is 0 Å². The fourth-order valence-corrected chi connectivity index (χ4v) is 16.5. The number of fused-ring (bicyclic) bond motifs is 9. The summed E-state index contributed by atoms with van der Waals surface area (Å²) in [5.41, 5.74) is 19.8. The van der Waals surface area contributed by atoms with Crippen LogP contribution in [-0.4, -0.2) is 4.40 Å². The van der Waals surface area contributed by atoms with E-state index in [9.17, 15) is 10.5 Å². The van der Waals surface area contributed by atoms with Crippen LogP contribution in [0.15, 0.2) is 120 Å². The highest BCUT2D eigenvalue weighted by Gasteiger charge is 2.47. The van der Waals surface area contributed by atoms with Gasteiger partial charge >= 0.3 is 0 Å². The number of rotatable bonds is 3. The van der Waals surface area contributed by atoms with Crippen molar-refractivity contribution in [2.45, 2.75) is 87.9 Å². The van der Waals surface area contributed by atoms with Gasteiger partial charge in [0.05, 0.1) is 39.8 Å². The summed E-state index contributed by atoms with van der Waals surface area (Å²) in [5, 5.41) is 29.9. The minimum absolute atomic E-state index is 0.433. The van der Waals surface area contributed by atoms with Crippen molar-refractivity contribution in [3.8, 4) is 45.5 Å². The van der Waals surface area contributed by atoms with Gasteiger partial charge in [0.2, 0.25) is 0 Å². The van der Waals surface area contributed by atoms with Crippen molar-refractivity contribution in [1.29, 1.82) is 10.5 Å².